The Morgan fingerprint density at radius 2 is 2.25 bits per heavy atom. The molecule has 0 radical (unpaired) electrons. The molecule has 0 aliphatic heterocycles. The van der Waals surface area contributed by atoms with E-state index in [-0.39, 0.29) is 11.6 Å². The molecule has 8 nitrogen and oxygen atoms in total. The van der Waals surface area contributed by atoms with Crippen LogP contribution in [-0.4, -0.2) is 31.8 Å². The first-order chi connectivity index (χ1) is 11.7. The second-order valence-electron chi connectivity index (χ2n) is 5.38. The smallest absolute Gasteiger partial charge is 0.273 e. The van der Waals surface area contributed by atoms with Gasteiger partial charge in [0.05, 0.1) is 6.26 Å². The van der Waals surface area contributed by atoms with Gasteiger partial charge in [-0.3, -0.25) is 4.79 Å². The fraction of sp³-hybridized carbons (Fsp3) is 0.188. The second-order valence-corrected chi connectivity index (χ2v) is 5.38. The Hall–Kier alpha value is -3.29. The van der Waals surface area contributed by atoms with Crippen molar-refractivity contribution in [1.82, 2.24) is 24.7 Å². The quantitative estimate of drug-likeness (QED) is 0.607. The number of aromatic nitrogens is 4. The van der Waals surface area contributed by atoms with Crippen molar-refractivity contribution in [3.05, 3.63) is 54.4 Å². The molecule has 0 saturated heterocycles. The summed E-state index contributed by atoms with van der Waals surface area (Å²) in [6, 6.07) is 7.25. The summed E-state index contributed by atoms with van der Waals surface area (Å²) in [4.78, 5) is 11.9. The molecule has 24 heavy (non-hydrogen) atoms. The van der Waals surface area contributed by atoms with Crippen molar-refractivity contribution in [3.8, 4) is 11.5 Å². The summed E-state index contributed by atoms with van der Waals surface area (Å²) >= 11 is 0. The maximum atomic E-state index is 11.9. The molecule has 4 aromatic heterocycles. The summed E-state index contributed by atoms with van der Waals surface area (Å²) < 4.78 is 14.0. The lowest BCUT2D eigenvalue weighted by molar-refractivity contribution is 0.0943. The molecule has 0 atom stereocenters. The fourth-order valence-electron chi connectivity index (χ4n) is 2.52. The van der Waals surface area contributed by atoms with Crippen LogP contribution in [0.15, 0.2) is 51.9 Å². The summed E-state index contributed by atoms with van der Waals surface area (Å²) in [6.45, 7) is 2.83. The standard InChI is InChI=1S/C16H15N5O3/c1-11-9-13(19-24-11)16(22)17-4-5-20-6-7-21-15(20)10-12(18-21)14-3-2-8-23-14/h2-3,6-10H,4-5H2,1H3,(H,17,22). The molecule has 4 aromatic rings. The molecular weight excluding hydrogens is 310 g/mol. The monoisotopic (exact) mass is 325 g/mol. The maximum Gasteiger partial charge on any atom is 0.273 e. The number of hydrogen-bond acceptors (Lipinski definition) is 5. The first kappa shape index (κ1) is 14.3. The summed E-state index contributed by atoms with van der Waals surface area (Å²) in [5.41, 5.74) is 1.98. The summed E-state index contributed by atoms with van der Waals surface area (Å²) in [5, 5.41) is 11.0. The molecule has 4 heterocycles. The number of amides is 1. The van der Waals surface area contributed by atoms with Crippen molar-refractivity contribution >= 4 is 11.6 Å². The van der Waals surface area contributed by atoms with Gasteiger partial charge in [0, 0.05) is 37.6 Å². The second kappa shape index (κ2) is 5.73. The first-order valence-electron chi connectivity index (χ1n) is 7.50. The molecule has 0 unspecified atom stereocenters. The average molecular weight is 325 g/mol. The van der Waals surface area contributed by atoms with Crippen molar-refractivity contribution in [2.45, 2.75) is 13.5 Å². The van der Waals surface area contributed by atoms with Gasteiger partial charge in [0.25, 0.3) is 5.91 Å². The van der Waals surface area contributed by atoms with Crippen LogP contribution in [0.5, 0.6) is 0 Å². The molecule has 0 aliphatic carbocycles. The normalized spacial score (nSPS) is 11.2. The van der Waals surface area contributed by atoms with Crippen LogP contribution in [0, 0.1) is 6.92 Å². The van der Waals surface area contributed by atoms with Crippen LogP contribution in [0.25, 0.3) is 17.1 Å². The zero-order chi connectivity index (χ0) is 16.5. The number of imidazole rings is 1. The molecule has 1 N–H and O–H groups in total. The highest BCUT2D eigenvalue weighted by molar-refractivity contribution is 5.92. The fourth-order valence-corrected chi connectivity index (χ4v) is 2.52. The summed E-state index contributed by atoms with van der Waals surface area (Å²) in [5.74, 6) is 1.08. The third kappa shape index (κ3) is 2.58. The third-order valence-electron chi connectivity index (χ3n) is 3.67. The van der Waals surface area contributed by atoms with Crippen LogP contribution in [0.4, 0.5) is 0 Å². The number of nitrogens with one attached hydrogen (secondary N) is 1. The van der Waals surface area contributed by atoms with Crippen molar-refractivity contribution in [3.63, 3.8) is 0 Å². The van der Waals surface area contributed by atoms with Crippen molar-refractivity contribution in [2.24, 2.45) is 0 Å². The zero-order valence-electron chi connectivity index (χ0n) is 13.0. The molecule has 122 valence electrons. The molecule has 4 rings (SSSR count). The SMILES string of the molecule is Cc1cc(C(=O)NCCn2ccn3nc(-c4ccco4)cc23)no1. The van der Waals surface area contributed by atoms with Crippen LogP contribution in [0.3, 0.4) is 0 Å². The van der Waals surface area contributed by atoms with Gasteiger partial charge in [-0.1, -0.05) is 5.16 Å². The maximum absolute atomic E-state index is 11.9. The predicted octanol–water partition coefficient (Wildman–Crippen LogP) is 2.12. The minimum absolute atomic E-state index is 0.250. The molecule has 0 aromatic carbocycles. The molecule has 0 saturated carbocycles. The van der Waals surface area contributed by atoms with Crippen LogP contribution in [0.1, 0.15) is 16.2 Å². The molecular formula is C16H15N5O3. The number of nitrogens with zero attached hydrogens (tertiary/aromatic N) is 4. The van der Waals surface area contributed by atoms with Crippen molar-refractivity contribution < 1.29 is 13.7 Å². The topological polar surface area (TPSA) is 90.5 Å². The lowest BCUT2D eigenvalue weighted by Crippen LogP contribution is -2.27. The van der Waals surface area contributed by atoms with Gasteiger partial charge in [-0.15, -0.1) is 0 Å². The van der Waals surface area contributed by atoms with E-state index in [2.05, 4.69) is 15.6 Å². The Morgan fingerprint density at radius 1 is 1.33 bits per heavy atom. The largest absolute Gasteiger partial charge is 0.463 e. The minimum Gasteiger partial charge on any atom is -0.463 e. The van der Waals surface area contributed by atoms with Crippen LogP contribution in [0.2, 0.25) is 0 Å². The van der Waals surface area contributed by atoms with Gasteiger partial charge in [0.1, 0.15) is 17.1 Å². The van der Waals surface area contributed by atoms with Gasteiger partial charge >= 0.3 is 0 Å². The van der Waals surface area contributed by atoms with E-state index in [1.807, 2.05) is 35.2 Å². The molecule has 0 spiro atoms. The van der Waals surface area contributed by atoms with E-state index in [0.717, 1.165) is 17.1 Å². The van der Waals surface area contributed by atoms with E-state index in [4.69, 9.17) is 8.94 Å². The Balaban J connectivity index is 1.44. The van der Waals surface area contributed by atoms with Crippen LogP contribution in [-0.2, 0) is 6.54 Å². The molecule has 8 heteroatoms. The van der Waals surface area contributed by atoms with E-state index in [0.29, 0.717) is 18.8 Å². The Morgan fingerprint density at radius 3 is 3.00 bits per heavy atom. The number of hydrogen-bond donors (Lipinski definition) is 1. The summed E-state index contributed by atoms with van der Waals surface area (Å²) in [7, 11) is 0. The number of carbonyl (C=O) groups excluding carboxylic acids is 1. The number of carbonyl (C=O) groups is 1. The van der Waals surface area contributed by atoms with Gasteiger partial charge in [-0.2, -0.15) is 5.10 Å². The highest BCUT2D eigenvalue weighted by Crippen LogP contribution is 2.20. The van der Waals surface area contributed by atoms with Gasteiger partial charge < -0.3 is 18.8 Å². The van der Waals surface area contributed by atoms with Crippen LogP contribution >= 0.6 is 0 Å². The minimum atomic E-state index is -0.250. The van der Waals surface area contributed by atoms with Crippen molar-refractivity contribution in [1.29, 1.82) is 0 Å². The van der Waals surface area contributed by atoms with Gasteiger partial charge in [-0.25, -0.2) is 4.52 Å². The molecule has 0 bridgehead atoms. The number of aryl methyl sites for hydroxylation is 1. The molecule has 1 amide bonds. The number of fused-ring (bicyclic) bond motifs is 1. The van der Waals surface area contributed by atoms with Gasteiger partial charge in [0.2, 0.25) is 0 Å². The average Bonchev–Trinajstić information content (AvgIpc) is 3.31. The van der Waals surface area contributed by atoms with E-state index in [1.54, 1.807) is 23.8 Å². The third-order valence-corrected chi connectivity index (χ3v) is 3.67. The van der Waals surface area contributed by atoms with E-state index >= 15 is 0 Å². The Labute approximate surface area is 136 Å². The predicted molar refractivity (Wildman–Crippen MR) is 84.5 cm³/mol. The van der Waals surface area contributed by atoms with Gasteiger partial charge in [0.15, 0.2) is 11.5 Å². The molecule has 0 aliphatic rings. The number of rotatable bonds is 5. The Bertz CT molecular complexity index is 977. The lowest BCUT2D eigenvalue weighted by atomic mass is 10.3. The number of furan rings is 1. The van der Waals surface area contributed by atoms with Gasteiger partial charge in [-0.05, 0) is 19.1 Å². The zero-order valence-corrected chi connectivity index (χ0v) is 13.0. The molecule has 0 fully saturated rings. The summed E-state index contributed by atoms with van der Waals surface area (Å²) in [6.07, 6.45) is 5.40. The van der Waals surface area contributed by atoms with E-state index in [9.17, 15) is 4.79 Å². The first-order valence-corrected chi connectivity index (χ1v) is 7.50. The lowest BCUT2D eigenvalue weighted by Gasteiger charge is -2.04. The van der Waals surface area contributed by atoms with E-state index < -0.39 is 0 Å². The Kier molecular flexibility index (Phi) is 3.42. The highest BCUT2D eigenvalue weighted by atomic mass is 16.5. The van der Waals surface area contributed by atoms with E-state index in [1.165, 1.54) is 0 Å². The van der Waals surface area contributed by atoms with Crippen molar-refractivity contribution in [2.75, 3.05) is 6.54 Å². The highest BCUT2D eigenvalue weighted by Gasteiger charge is 2.12. The van der Waals surface area contributed by atoms with Crippen LogP contribution < -0.4 is 5.32 Å².